The first-order valence-electron chi connectivity index (χ1n) is 6.85. The molecule has 0 spiro atoms. The molecule has 0 N–H and O–H groups in total. The average molecular weight is 266 g/mol. The van der Waals surface area contributed by atoms with Crippen molar-refractivity contribution in [2.24, 2.45) is 5.92 Å². The van der Waals surface area contributed by atoms with Crippen LogP contribution >= 0.6 is 0 Å². The minimum absolute atomic E-state index is 0.0210. The molecule has 0 heterocycles. The third kappa shape index (κ3) is 4.16. The van der Waals surface area contributed by atoms with Crippen LogP contribution in [0.4, 0.5) is 0 Å². The molecule has 0 aliphatic rings. The molecule has 0 radical (unpaired) electrons. The molecule has 0 aliphatic heterocycles. The van der Waals surface area contributed by atoms with E-state index in [9.17, 15) is 9.59 Å². The summed E-state index contributed by atoms with van der Waals surface area (Å²) in [4.78, 5) is 23.3. The number of benzene rings is 2. The maximum absolute atomic E-state index is 12.1. The van der Waals surface area contributed by atoms with Crippen molar-refractivity contribution in [3.05, 3.63) is 71.8 Å². The fourth-order valence-corrected chi connectivity index (χ4v) is 2.20. The van der Waals surface area contributed by atoms with Crippen LogP contribution in [0.15, 0.2) is 60.7 Å². The monoisotopic (exact) mass is 266 g/mol. The third-order valence-electron chi connectivity index (χ3n) is 3.38. The van der Waals surface area contributed by atoms with E-state index >= 15 is 0 Å². The van der Waals surface area contributed by atoms with Gasteiger partial charge in [0.15, 0.2) is 0 Å². The van der Waals surface area contributed by atoms with Gasteiger partial charge in [0.2, 0.25) is 0 Å². The highest BCUT2D eigenvalue weighted by Gasteiger charge is 2.17. The molecule has 0 amide bonds. The zero-order valence-electron chi connectivity index (χ0n) is 11.4. The maximum Gasteiger partial charge on any atom is 0.143 e. The van der Waals surface area contributed by atoms with E-state index in [0.29, 0.717) is 19.3 Å². The van der Waals surface area contributed by atoms with Crippen LogP contribution in [0.2, 0.25) is 0 Å². The summed E-state index contributed by atoms with van der Waals surface area (Å²) in [5, 5.41) is 0. The Hall–Kier alpha value is -2.22. The van der Waals surface area contributed by atoms with E-state index in [1.54, 1.807) is 0 Å². The number of hydrogen-bond acceptors (Lipinski definition) is 2. The van der Waals surface area contributed by atoms with Crippen molar-refractivity contribution in [2.45, 2.75) is 19.3 Å². The van der Waals surface area contributed by atoms with Gasteiger partial charge in [0.05, 0.1) is 5.92 Å². The summed E-state index contributed by atoms with van der Waals surface area (Å²) in [6.07, 6.45) is 2.39. The predicted octanol–water partition coefficient (Wildman–Crippen LogP) is 3.25. The van der Waals surface area contributed by atoms with Crippen molar-refractivity contribution < 1.29 is 9.59 Å². The Morgan fingerprint density at radius 3 is 2.00 bits per heavy atom. The highest BCUT2D eigenvalue weighted by molar-refractivity contribution is 5.93. The highest BCUT2D eigenvalue weighted by Crippen LogP contribution is 2.12. The fraction of sp³-hybridized carbons (Fsp3) is 0.222. The summed E-state index contributed by atoms with van der Waals surface area (Å²) in [6, 6.07) is 19.5. The summed E-state index contributed by atoms with van der Waals surface area (Å²) in [7, 11) is 0. The zero-order valence-corrected chi connectivity index (χ0v) is 11.4. The first kappa shape index (κ1) is 14.2. The average Bonchev–Trinajstić information content (AvgIpc) is 2.52. The lowest BCUT2D eigenvalue weighted by Crippen LogP contribution is -2.19. The molecule has 20 heavy (non-hydrogen) atoms. The number of ketones is 1. The van der Waals surface area contributed by atoms with Gasteiger partial charge in [-0.05, 0) is 24.0 Å². The lowest BCUT2D eigenvalue weighted by molar-refractivity contribution is -0.127. The van der Waals surface area contributed by atoms with Gasteiger partial charge in [0, 0.05) is 6.42 Å². The lowest BCUT2D eigenvalue weighted by Gasteiger charge is -2.09. The van der Waals surface area contributed by atoms with Crippen molar-refractivity contribution in [3.8, 4) is 0 Å². The number of carbonyl (C=O) groups is 2. The van der Waals surface area contributed by atoms with Gasteiger partial charge in [-0.25, -0.2) is 0 Å². The Bertz CT molecular complexity index is 546. The molecule has 2 aromatic rings. The summed E-state index contributed by atoms with van der Waals surface area (Å²) < 4.78 is 0. The molecule has 1 unspecified atom stereocenters. The first-order chi connectivity index (χ1) is 9.79. The van der Waals surface area contributed by atoms with Crippen LogP contribution < -0.4 is 0 Å². The molecule has 0 aliphatic carbocycles. The van der Waals surface area contributed by atoms with E-state index in [2.05, 4.69) is 0 Å². The SMILES string of the molecule is O=CC(Cc1ccccc1)C(=O)CCc1ccccc1. The molecular formula is C18H18O2. The first-order valence-corrected chi connectivity index (χ1v) is 6.85. The Labute approximate surface area is 119 Å². The van der Waals surface area contributed by atoms with Crippen LogP contribution in [0.25, 0.3) is 0 Å². The lowest BCUT2D eigenvalue weighted by atomic mass is 9.93. The van der Waals surface area contributed by atoms with E-state index in [-0.39, 0.29) is 5.78 Å². The molecular weight excluding hydrogens is 248 g/mol. The van der Waals surface area contributed by atoms with Crippen molar-refractivity contribution in [2.75, 3.05) is 0 Å². The summed E-state index contributed by atoms with van der Waals surface area (Å²) in [5.74, 6) is -0.506. The van der Waals surface area contributed by atoms with Crippen molar-refractivity contribution in [3.63, 3.8) is 0 Å². The van der Waals surface area contributed by atoms with Crippen LogP contribution in [0.3, 0.4) is 0 Å². The number of rotatable bonds is 7. The van der Waals surface area contributed by atoms with Gasteiger partial charge in [-0.3, -0.25) is 4.79 Å². The molecule has 0 saturated carbocycles. The van der Waals surface area contributed by atoms with Crippen molar-refractivity contribution in [1.29, 1.82) is 0 Å². The van der Waals surface area contributed by atoms with Gasteiger partial charge in [0.25, 0.3) is 0 Å². The Balaban J connectivity index is 1.91. The second kappa shape index (κ2) is 7.39. The Morgan fingerprint density at radius 2 is 1.45 bits per heavy atom. The maximum atomic E-state index is 12.1. The fourth-order valence-electron chi connectivity index (χ4n) is 2.20. The molecule has 0 fully saturated rings. The quantitative estimate of drug-likeness (QED) is 0.569. The van der Waals surface area contributed by atoms with Crippen molar-refractivity contribution >= 4 is 12.1 Å². The molecule has 0 saturated heterocycles. The third-order valence-corrected chi connectivity index (χ3v) is 3.38. The van der Waals surface area contributed by atoms with E-state index in [4.69, 9.17) is 0 Å². The summed E-state index contributed by atoms with van der Waals surface area (Å²) in [5.41, 5.74) is 2.16. The van der Waals surface area contributed by atoms with E-state index in [0.717, 1.165) is 17.4 Å². The van der Waals surface area contributed by atoms with Crippen LogP contribution in [0.5, 0.6) is 0 Å². The van der Waals surface area contributed by atoms with Gasteiger partial charge in [-0.15, -0.1) is 0 Å². The largest absolute Gasteiger partial charge is 0.303 e. The molecule has 2 rings (SSSR count). The molecule has 2 nitrogen and oxygen atoms in total. The molecule has 2 heteroatoms. The number of aldehydes is 1. The summed E-state index contributed by atoms with van der Waals surface area (Å²) >= 11 is 0. The van der Waals surface area contributed by atoms with Crippen LogP contribution in [0.1, 0.15) is 17.5 Å². The Kier molecular flexibility index (Phi) is 5.24. The van der Waals surface area contributed by atoms with E-state index < -0.39 is 5.92 Å². The van der Waals surface area contributed by atoms with E-state index in [1.165, 1.54) is 0 Å². The molecule has 0 bridgehead atoms. The molecule has 102 valence electrons. The Morgan fingerprint density at radius 1 is 0.900 bits per heavy atom. The normalized spacial score (nSPS) is 11.8. The molecule has 1 atom stereocenters. The van der Waals surface area contributed by atoms with Crippen LogP contribution in [0, 0.1) is 5.92 Å². The second-order valence-electron chi connectivity index (χ2n) is 4.88. The van der Waals surface area contributed by atoms with Gasteiger partial charge in [-0.1, -0.05) is 60.7 Å². The number of carbonyl (C=O) groups excluding carboxylic acids is 2. The summed E-state index contributed by atoms with van der Waals surface area (Å²) in [6.45, 7) is 0. The number of aryl methyl sites for hydroxylation is 1. The number of Topliss-reactive ketones (excluding diaryl/α,β-unsaturated/α-hetero) is 1. The molecule has 0 aromatic heterocycles. The second-order valence-corrected chi connectivity index (χ2v) is 4.88. The van der Waals surface area contributed by atoms with Gasteiger partial charge in [-0.2, -0.15) is 0 Å². The molecule has 2 aromatic carbocycles. The topological polar surface area (TPSA) is 34.1 Å². The van der Waals surface area contributed by atoms with Crippen LogP contribution in [-0.2, 0) is 22.4 Å². The van der Waals surface area contributed by atoms with Crippen molar-refractivity contribution in [1.82, 2.24) is 0 Å². The number of hydrogen-bond donors (Lipinski definition) is 0. The van der Waals surface area contributed by atoms with Crippen LogP contribution in [-0.4, -0.2) is 12.1 Å². The minimum atomic E-state index is -0.527. The standard InChI is InChI=1S/C18H18O2/c19-14-17(13-16-9-5-2-6-10-16)18(20)12-11-15-7-3-1-4-8-15/h1-10,14,17H,11-13H2. The van der Waals surface area contributed by atoms with E-state index in [1.807, 2.05) is 60.7 Å². The zero-order chi connectivity index (χ0) is 14.2. The highest BCUT2D eigenvalue weighted by atomic mass is 16.1. The predicted molar refractivity (Wildman–Crippen MR) is 79.5 cm³/mol. The smallest absolute Gasteiger partial charge is 0.143 e. The van der Waals surface area contributed by atoms with Gasteiger partial charge >= 0.3 is 0 Å². The van der Waals surface area contributed by atoms with Gasteiger partial charge < -0.3 is 4.79 Å². The minimum Gasteiger partial charge on any atom is -0.303 e. The van der Waals surface area contributed by atoms with Gasteiger partial charge in [0.1, 0.15) is 12.1 Å².